The summed E-state index contributed by atoms with van der Waals surface area (Å²) >= 11 is 4.31. The largest absolute Gasteiger partial charge is 0.493 e. The van der Waals surface area contributed by atoms with Crippen LogP contribution in [0, 0.1) is 5.41 Å². The molecule has 4 nitrogen and oxygen atoms in total. The summed E-state index contributed by atoms with van der Waals surface area (Å²) in [6.07, 6.45) is 2.80. The van der Waals surface area contributed by atoms with Gasteiger partial charge in [-0.05, 0) is 41.7 Å². The third-order valence-electron chi connectivity index (χ3n) is 3.77. The van der Waals surface area contributed by atoms with E-state index in [-0.39, 0.29) is 11.3 Å². The number of thiol groups is 1. The SMILES string of the molecule is COc1ccc(CNC(=O)CC2(CS)CC2)cc1OC. The van der Waals surface area contributed by atoms with E-state index in [4.69, 9.17) is 9.47 Å². The maximum atomic E-state index is 11.9. The number of benzene rings is 1. The summed E-state index contributed by atoms with van der Waals surface area (Å²) in [6.45, 7) is 0.502. The Kier molecular flexibility index (Phi) is 4.81. The Morgan fingerprint density at radius 1 is 1.30 bits per heavy atom. The second-order valence-corrected chi connectivity index (χ2v) is 5.62. The zero-order valence-corrected chi connectivity index (χ0v) is 12.8. The predicted octanol–water partition coefficient (Wildman–Crippen LogP) is 2.42. The zero-order chi connectivity index (χ0) is 14.6. The van der Waals surface area contributed by atoms with Crippen molar-refractivity contribution in [1.82, 2.24) is 5.32 Å². The minimum absolute atomic E-state index is 0.0892. The molecule has 0 heterocycles. The molecule has 1 amide bonds. The fourth-order valence-electron chi connectivity index (χ4n) is 2.16. The number of ether oxygens (including phenoxy) is 2. The molecular formula is C15H21NO3S. The van der Waals surface area contributed by atoms with Crippen LogP contribution >= 0.6 is 12.6 Å². The lowest BCUT2D eigenvalue weighted by Crippen LogP contribution is -2.26. The third-order valence-corrected chi connectivity index (χ3v) is 4.44. The fraction of sp³-hybridized carbons (Fsp3) is 0.533. The molecule has 1 aromatic carbocycles. The molecule has 0 saturated heterocycles. The predicted molar refractivity (Wildman–Crippen MR) is 81.5 cm³/mol. The van der Waals surface area contributed by atoms with E-state index in [1.807, 2.05) is 18.2 Å². The molecule has 0 aliphatic heterocycles. The number of methoxy groups -OCH3 is 2. The van der Waals surface area contributed by atoms with E-state index in [1.54, 1.807) is 14.2 Å². The van der Waals surface area contributed by atoms with Crippen LogP contribution in [0.4, 0.5) is 0 Å². The maximum absolute atomic E-state index is 11.9. The summed E-state index contributed by atoms with van der Waals surface area (Å²) in [4.78, 5) is 11.9. The van der Waals surface area contributed by atoms with Crippen molar-refractivity contribution in [3.05, 3.63) is 23.8 Å². The van der Waals surface area contributed by atoms with Gasteiger partial charge in [-0.2, -0.15) is 12.6 Å². The number of rotatable bonds is 7. The van der Waals surface area contributed by atoms with Gasteiger partial charge >= 0.3 is 0 Å². The second kappa shape index (κ2) is 6.39. The van der Waals surface area contributed by atoms with E-state index in [2.05, 4.69) is 17.9 Å². The van der Waals surface area contributed by atoms with E-state index in [0.717, 1.165) is 24.2 Å². The summed E-state index contributed by atoms with van der Waals surface area (Å²) < 4.78 is 10.4. The molecule has 0 radical (unpaired) electrons. The Morgan fingerprint density at radius 3 is 2.55 bits per heavy atom. The average Bonchev–Trinajstić information content (AvgIpc) is 3.25. The fourth-order valence-corrected chi connectivity index (χ4v) is 2.59. The highest BCUT2D eigenvalue weighted by Crippen LogP contribution is 2.49. The first kappa shape index (κ1) is 15.0. The number of hydrogen-bond donors (Lipinski definition) is 2. The monoisotopic (exact) mass is 295 g/mol. The van der Waals surface area contributed by atoms with Crippen LogP contribution in [0.1, 0.15) is 24.8 Å². The Balaban J connectivity index is 1.89. The highest BCUT2D eigenvalue weighted by molar-refractivity contribution is 7.80. The van der Waals surface area contributed by atoms with Crippen molar-refractivity contribution in [2.45, 2.75) is 25.8 Å². The van der Waals surface area contributed by atoms with Crippen molar-refractivity contribution in [2.24, 2.45) is 5.41 Å². The number of carbonyl (C=O) groups is 1. The normalized spacial score (nSPS) is 15.6. The lowest BCUT2D eigenvalue weighted by Gasteiger charge is -2.13. The van der Waals surface area contributed by atoms with Crippen molar-refractivity contribution in [2.75, 3.05) is 20.0 Å². The Hall–Kier alpha value is -1.36. The van der Waals surface area contributed by atoms with Crippen LogP contribution in [0.3, 0.4) is 0 Å². The van der Waals surface area contributed by atoms with E-state index in [9.17, 15) is 4.79 Å². The first-order valence-electron chi connectivity index (χ1n) is 6.71. The first-order chi connectivity index (χ1) is 9.62. The smallest absolute Gasteiger partial charge is 0.220 e. The number of amides is 1. The quantitative estimate of drug-likeness (QED) is 0.760. The zero-order valence-electron chi connectivity index (χ0n) is 11.9. The molecule has 1 N–H and O–H groups in total. The van der Waals surface area contributed by atoms with E-state index < -0.39 is 0 Å². The standard InChI is InChI=1S/C15H21NO3S/c1-18-12-4-3-11(7-13(12)19-2)9-16-14(17)8-15(10-20)5-6-15/h3-4,7,20H,5-6,8-10H2,1-2H3,(H,16,17). The second-order valence-electron chi connectivity index (χ2n) is 5.30. The summed E-state index contributed by atoms with van der Waals surface area (Å²) in [5.41, 5.74) is 1.15. The topological polar surface area (TPSA) is 47.6 Å². The molecule has 1 aliphatic rings. The van der Waals surface area contributed by atoms with Crippen molar-refractivity contribution in [3.63, 3.8) is 0 Å². The molecule has 0 atom stereocenters. The molecule has 1 fully saturated rings. The molecule has 1 saturated carbocycles. The van der Waals surface area contributed by atoms with Crippen molar-refractivity contribution in [1.29, 1.82) is 0 Å². The van der Waals surface area contributed by atoms with Gasteiger partial charge in [0.15, 0.2) is 11.5 Å². The number of nitrogens with one attached hydrogen (secondary N) is 1. The van der Waals surface area contributed by atoms with Gasteiger partial charge in [0.25, 0.3) is 0 Å². The van der Waals surface area contributed by atoms with Crippen LogP contribution < -0.4 is 14.8 Å². The average molecular weight is 295 g/mol. The van der Waals surface area contributed by atoms with E-state index in [1.165, 1.54) is 0 Å². The minimum atomic E-state index is 0.0892. The molecule has 0 unspecified atom stereocenters. The molecule has 2 rings (SSSR count). The first-order valence-corrected chi connectivity index (χ1v) is 7.34. The molecule has 1 aliphatic carbocycles. The van der Waals surface area contributed by atoms with Gasteiger partial charge in [0, 0.05) is 13.0 Å². The van der Waals surface area contributed by atoms with Gasteiger partial charge in [-0.25, -0.2) is 0 Å². The molecule has 0 bridgehead atoms. The number of hydrogen-bond acceptors (Lipinski definition) is 4. The van der Waals surface area contributed by atoms with Crippen LogP contribution in [0.5, 0.6) is 11.5 Å². The van der Waals surface area contributed by atoms with Gasteiger partial charge < -0.3 is 14.8 Å². The van der Waals surface area contributed by atoms with Gasteiger partial charge in [-0.3, -0.25) is 4.79 Å². The molecule has 110 valence electrons. The van der Waals surface area contributed by atoms with Crippen LogP contribution in [-0.2, 0) is 11.3 Å². The van der Waals surface area contributed by atoms with E-state index in [0.29, 0.717) is 24.5 Å². The Morgan fingerprint density at radius 2 is 2.00 bits per heavy atom. The van der Waals surface area contributed by atoms with Crippen LogP contribution in [0.15, 0.2) is 18.2 Å². The van der Waals surface area contributed by atoms with Gasteiger partial charge in [0.05, 0.1) is 14.2 Å². The van der Waals surface area contributed by atoms with E-state index >= 15 is 0 Å². The molecule has 0 aromatic heterocycles. The Labute approximate surface area is 125 Å². The highest BCUT2D eigenvalue weighted by Gasteiger charge is 2.42. The van der Waals surface area contributed by atoms with Crippen molar-refractivity contribution in [3.8, 4) is 11.5 Å². The molecular weight excluding hydrogens is 274 g/mol. The number of carbonyl (C=O) groups excluding carboxylic acids is 1. The van der Waals surface area contributed by atoms with Gasteiger partial charge in [0.2, 0.25) is 5.91 Å². The lowest BCUT2D eigenvalue weighted by molar-refractivity contribution is -0.122. The minimum Gasteiger partial charge on any atom is -0.493 e. The van der Waals surface area contributed by atoms with Gasteiger partial charge in [-0.1, -0.05) is 6.07 Å². The highest BCUT2D eigenvalue weighted by atomic mass is 32.1. The van der Waals surface area contributed by atoms with Crippen molar-refractivity contribution >= 4 is 18.5 Å². The lowest BCUT2D eigenvalue weighted by atomic mass is 10.1. The maximum Gasteiger partial charge on any atom is 0.220 e. The summed E-state index contributed by atoms with van der Waals surface area (Å²) in [6, 6.07) is 5.65. The van der Waals surface area contributed by atoms with Crippen molar-refractivity contribution < 1.29 is 14.3 Å². The Bertz CT molecular complexity index is 486. The van der Waals surface area contributed by atoms with Crippen LogP contribution in [-0.4, -0.2) is 25.9 Å². The molecule has 5 heteroatoms. The van der Waals surface area contributed by atoms with Gasteiger partial charge in [0.1, 0.15) is 0 Å². The molecule has 0 spiro atoms. The van der Waals surface area contributed by atoms with Crippen LogP contribution in [0.25, 0.3) is 0 Å². The molecule has 1 aromatic rings. The van der Waals surface area contributed by atoms with Crippen LogP contribution in [0.2, 0.25) is 0 Å². The summed E-state index contributed by atoms with van der Waals surface area (Å²) in [5.74, 6) is 2.24. The molecule has 20 heavy (non-hydrogen) atoms. The summed E-state index contributed by atoms with van der Waals surface area (Å²) in [5, 5.41) is 2.95. The third kappa shape index (κ3) is 3.60. The van der Waals surface area contributed by atoms with Gasteiger partial charge in [-0.15, -0.1) is 0 Å². The summed E-state index contributed by atoms with van der Waals surface area (Å²) in [7, 11) is 3.20.